The zero-order valence-electron chi connectivity index (χ0n) is 11.7. The van der Waals surface area contributed by atoms with Crippen LogP contribution in [0.2, 0.25) is 0 Å². The van der Waals surface area contributed by atoms with E-state index in [1.54, 1.807) is 12.1 Å². The number of benzene rings is 2. The van der Waals surface area contributed by atoms with E-state index in [-0.39, 0.29) is 17.1 Å². The minimum absolute atomic E-state index is 0.128. The monoisotopic (exact) mass is 304 g/mol. The molecular weight excluding hydrogens is 291 g/mol. The molecule has 22 heavy (non-hydrogen) atoms. The van der Waals surface area contributed by atoms with Crippen LogP contribution in [0.5, 0.6) is 0 Å². The van der Waals surface area contributed by atoms with Gasteiger partial charge in [-0.05, 0) is 29.8 Å². The Bertz CT molecular complexity index is 701. The number of rotatable bonds is 5. The van der Waals surface area contributed by atoms with Gasteiger partial charge in [-0.15, -0.1) is 0 Å². The highest BCUT2D eigenvalue weighted by Crippen LogP contribution is 2.23. The summed E-state index contributed by atoms with van der Waals surface area (Å²) in [4.78, 5) is 21.9. The number of nitro benzene ring substituents is 1. The minimum Gasteiger partial charge on any atom is -0.465 e. The predicted octanol–water partition coefficient (Wildman–Crippen LogP) is 3.13. The fourth-order valence-corrected chi connectivity index (χ4v) is 1.89. The summed E-state index contributed by atoms with van der Waals surface area (Å²) in [5.41, 5.74) is 0.908. The molecule has 2 aromatic rings. The SMILES string of the molecule is COC(=O)c1cc(NCc2ccc(F)cc2)ccc1[N+](=O)[O-]. The molecule has 0 unspecified atom stereocenters. The van der Waals surface area contributed by atoms with E-state index in [0.717, 1.165) is 12.7 Å². The molecule has 0 fully saturated rings. The third-order valence-electron chi connectivity index (χ3n) is 3.01. The molecule has 0 heterocycles. The summed E-state index contributed by atoms with van der Waals surface area (Å²) in [5, 5.41) is 13.9. The summed E-state index contributed by atoms with van der Waals surface area (Å²) >= 11 is 0. The number of methoxy groups -OCH3 is 1. The molecule has 0 atom stereocenters. The van der Waals surface area contributed by atoms with E-state index >= 15 is 0 Å². The maximum Gasteiger partial charge on any atom is 0.344 e. The van der Waals surface area contributed by atoms with Crippen molar-refractivity contribution in [1.29, 1.82) is 0 Å². The number of hydrogen-bond donors (Lipinski definition) is 1. The van der Waals surface area contributed by atoms with Crippen LogP contribution in [0.15, 0.2) is 42.5 Å². The van der Waals surface area contributed by atoms with Gasteiger partial charge in [-0.1, -0.05) is 12.1 Å². The molecule has 0 aromatic heterocycles. The number of carbonyl (C=O) groups is 1. The van der Waals surface area contributed by atoms with Gasteiger partial charge in [0.1, 0.15) is 11.4 Å². The van der Waals surface area contributed by atoms with Crippen molar-refractivity contribution in [3.05, 3.63) is 69.5 Å². The molecule has 1 N–H and O–H groups in total. The highest BCUT2D eigenvalue weighted by Gasteiger charge is 2.21. The van der Waals surface area contributed by atoms with E-state index in [1.165, 1.54) is 30.3 Å². The summed E-state index contributed by atoms with van der Waals surface area (Å²) in [5.74, 6) is -1.11. The Kier molecular flexibility index (Phi) is 4.67. The van der Waals surface area contributed by atoms with Crippen molar-refractivity contribution in [2.75, 3.05) is 12.4 Å². The molecule has 0 radical (unpaired) electrons. The van der Waals surface area contributed by atoms with Gasteiger partial charge in [-0.25, -0.2) is 9.18 Å². The largest absolute Gasteiger partial charge is 0.465 e. The first-order valence-corrected chi connectivity index (χ1v) is 6.36. The Morgan fingerprint density at radius 3 is 2.55 bits per heavy atom. The van der Waals surface area contributed by atoms with Gasteiger partial charge in [0.15, 0.2) is 0 Å². The lowest BCUT2D eigenvalue weighted by atomic mass is 10.1. The Morgan fingerprint density at radius 2 is 1.95 bits per heavy atom. The molecule has 2 aromatic carbocycles. The van der Waals surface area contributed by atoms with Crippen LogP contribution in [0.4, 0.5) is 15.8 Å². The zero-order chi connectivity index (χ0) is 16.1. The summed E-state index contributed by atoms with van der Waals surface area (Å²) in [7, 11) is 1.16. The molecule has 2 rings (SSSR count). The van der Waals surface area contributed by atoms with E-state index in [4.69, 9.17) is 0 Å². The molecule has 0 aliphatic rings. The molecule has 0 saturated heterocycles. The number of esters is 1. The van der Waals surface area contributed by atoms with Gasteiger partial charge in [-0.2, -0.15) is 0 Å². The quantitative estimate of drug-likeness (QED) is 0.521. The Morgan fingerprint density at radius 1 is 1.27 bits per heavy atom. The summed E-state index contributed by atoms with van der Waals surface area (Å²) in [6, 6.07) is 10.0. The van der Waals surface area contributed by atoms with E-state index in [0.29, 0.717) is 12.2 Å². The standard InChI is InChI=1S/C15H13FN2O4/c1-22-15(19)13-8-12(6-7-14(13)18(20)21)17-9-10-2-4-11(16)5-3-10/h2-8,17H,9H2,1H3. The van der Waals surface area contributed by atoms with Crippen molar-refractivity contribution in [2.45, 2.75) is 6.54 Å². The van der Waals surface area contributed by atoms with Gasteiger partial charge in [-0.3, -0.25) is 10.1 Å². The van der Waals surface area contributed by atoms with Crippen molar-refractivity contribution in [1.82, 2.24) is 0 Å². The van der Waals surface area contributed by atoms with E-state index < -0.39 is 10.9 Å². The fraction of sp³-hybridized carbons (Fsp3) is 0.133. The van der Waals surface area contributed by atoms with Crippen molar-refractivity contribution >= 4 is 17.3 Å². The van der Waals surface area contributed by atoms with Crippen LogP contribution in [0, 0.1) is 15.9 Å². The van der Waals surface area contributed by atoms with Gasteiger partial charge in [0.2, 0.25) is 0 Å². The molecule has 0 bridgehead atoms. The lowest BCUT2D eigenvalue weighted by Gasteiger charge is -2.08. The molecular formula is C15H13FN2O4. The highest BCUT2D eigenvalue weighted by molar-refractivity contribution is 5.95. The van der Waals surface area contributed by atoms with Crippen LogP contribution in [0.1, 0.15) is 15.9 Å². The van der Waals surface area contributed by atoms with Gasteiger partial charge in [0.25, 0.3) is 5.69 Å². The number of hydrogen-bond acceptors (Lipinski definition) is 5. The van der Waals surface area contributed by atoms with Crippen molar-refractivity contribution in [3.8, 4) is 0 Å². The first-order chi connectivity index (χ1) is 10.5. The molecule has 0 amide bonds. The highest BCUT2D eigenvalue weighted by atomic mass is 19.1. The van der Waals surface area contributed by atoms with Gasteiger partial charge in [0, 0.05) is 18.3 Å². The third-order valence-corrected chi connectivity index (χ3v) is 3.01. The molecule has 0 aliphatic carbocycles. The van der Waals surface area contributed by atoms with Crippen LogP contribution in [-0.2, 0) is 11.3 Å². The third kappa shape index (κ3) is 3.57. The number of halogens is 1. The smallest absolute Gasteiger partial charge is 0.344 e. The maximum absolute atomic E-state index is 12.8. The second-order valence-electron chi connectivity index (χ2n) is 4.46. The number of nitrogens with one attached hydrogen (secondary N) is 1. The number of nitrogens with zero attached hydrogens (tertiary/aromatic N) is 1. The molecule has 6 nitrogen and oxygen atoms in total. The van der Waals surface area contributed by atoms with Gasteiger partial charge < -0.3 is 10.1 Å². The summed E-state index contributed by atoms with van der Waals surface area (Å²) < 4.78 is 17.4. The molecule has 7 heteroatoms. The van der Waals surface area contributed by atoms with Crippen LogP contribution in [0.25, 0.3) is 0 Å². The van der Waals surface area contributed by atoms with E-state index in [9.17, 15) is 19.3 Å². The van der Waals surface area contributed by atoms with Crippen LogP contribution >= 0.6 is 0 Å². The Labute approximate surface area is 125 Å². The zero-order valence-corrected chi connectivity index (χ0v) is 11.7. The average molecular weight is 304 g/mol. The molecule has 0 aliphatic heterocycles. The second kappa shape index (κ2) is 6.66. The average Bonchev–Trinajstić information content (AvgIpc) is 2.53. The van der Waals surface area contributed by atoms with Crippen LogP contribution in [0.3, 0.4) is 0 Å². The van der Waals surface area contributed by atoms with Crippen molar-refractivity contribution < 1.29 is 18.8 Å². The number of anilines is 1. The molecule has 0 saturated carbocycles. The summed E-state index contributed by atoms with van der Waals surface area (Å²) in [6.45, 7) is 0.388. The topological polar surface area (TPSA) is 81.5 Å². The van der Waals surface area contributed by atoms with Gasteiger partial charge in [0.05, 0.1) is 12.0 Å². The van der Waals surface area contributed by atoms with Crippen molar-refractivity contribution in [2.24, 2.45) is 0 Å². The minimum atomic E-state index is -0.780. The molecule has 0 spiro atoms. The first-order valence-electron chi connectivity index (χ1n) is 6.36. The number of nitro groups is 1. The second-order valence-corrected chi connectivity index (χ2v) is 4.46. The van der Waals surface area contributed by atoms with Crippen LogP contribution in [-0.4, -0.2) is 18.0 Å². The first kappa shape index (κ1) is 15.4. The van der Waals surface area contributed by atoms with E-state index in [1.807, 2.05) is 0 Å². The van der Waals surface area contributed by atoms with Crippen LogP contribution < -0.4 is 5.32 Å². The predicted molar refractivity (Wildman–Crippen MR) is 78.2 cm³/mol. The van der Waals surface area contributed by atoms with Crippen molar-refractivity contribution in [3.63, 3.8) is 0 Å². The lowest BCUT2D eigenvalue weighted by Crippen LogP contribution is -2.07. The lowest BCUT2D eigenvalue weighted by molar-refractivity contribution is -0.385. The Balaban J connectivity index is 2.19. The van der Waals surface area contributed by atoms with Gasteiger partial charge >= 0.3 is 5.97 Å². The molecule has 114 valence electrons. The number of carbonyl (C=O) groups excluding carboxylic acids is 1. The van der Waals surface area contributed by atoms with E-state index in [2.05, 4.69) is 10.1 Å². The fourth-order valence-electron chi connectivity index (χ4n) is 1.89. The summed E-state index contributed by atoms with van der Waals surface area (Å²) in [6.07, 6.45) is 0. The Hall–Kier alpha value is -2.96. The number of ether oxygens (including phenoxy) is 1. The normalized spacial score (nSPS) is 10.1. The maximum atomic E-state index is 12.8.